The van der Waals surface area contributed by atoms with E-state index in [0.29, 0.717) is 10.8 Å². The summed E-state index contributed by atoms with van der Waals surface area (Å²) in [6.07, 6.45) is 2.31. The van der Waals surface area contributed by atoms with Crippen molar-refractivity contribution in [3.8, 4) is 11.4 Å². The Balaban J connectivity index is 2.17. The maximum Gasteiger partial charge on any atom is 0.210 e. The summed E-state index contributed by atoms with van der Waals surface area (Å²) in [5.74, 6) is 7.66. The molecule has 0 aliphatic carbocycles. The van der Waals surface area contributed by atoms with Crippen molar-refractivity contribution < 1.29 is 0 Å². The highest BCUT2D eigenvalue weighted by Crippen LogP contribution is 2.23. The van der Waals surface area contributed by atoms with Gasteiger partial charge in [0.15, 0.2) is 5.82 Å². The van der Waals surface area contributed by atoms with Gasteiger partial charge in [0.25, 0.3) is 0 Å². The van der Waals surface area contributed by atoms with Crippen molar-refractivity contribution in [3.05, 3.63) is 29.3 Å². The van der Waals surface area contributed by atoms with Gasteiger partial charge in [-0.05, 0) is 30.7 Å². The van der Waals surface area contributed by atoms with E-state index in [-0.39, 0.29) is 0 Å². The highest BCUT2D eigenvalue weighted by Gasteiger charge is 2.11. The molecule has 0 amide bonds. The second kappa shape index (κ2) is 6.11. The number of nitrogen functional groups attached to an aromatic ring is 1. The van der Waals surface area contributed by atoms with Crippen LogP contribution in [0, 0.1) is 0 Å². The molecule has 0 unspecified atom stereocenters. The fourth-order valence-corrected chi connectivity index (χ4v) is 2.54. The van der Waals surface area contributed by atoms with E-state index >= 15 is 0 Å². The minimum atomic E-state index is 0.658. The van der Waals surface area contributed by atoms with Crippen LogP contribution < -0.4 is 5.84 Å². The summed E-state index contributed by atoms with van der Waals surface area (Å²) < 4.78 is 1.53. The van der Waals surface area contributed by atoms with Crippen molar-refractivity contribution in [3.63, 3.8) is 0 Å². The van der Waals surface area contributed by atoms with Crippen LogP contribution in [0.3, 0.4) is 0 Å². The third kappa shape index (κ3) is 2.97. The van der Waals surface area contributed by atoms with E-state index in [1.165, 1.54) is 4.68 Å². The highest BCUT2D eigenvalue weighted by molar-refractivity contribution is 7.99. The molecule has 0 fully saturated rings. The van der Waals surface area contributed by atoms with E-state index in [1.54, 1.807) is 11.8 Å². The first-order chi connectivity index (χ1) is 8.72. The number of nitrogens with two attached hydrogens (primary N) is 1. The van der Waals surface area contributed by atoms with Crippen LogP contribution in [-0.2, 0) is 0 Å². The fraction of sp³-hybridized carbons (Fsp3) is 0.333. The largest absolute Gasteiger partial charge is 0.335 e. The van der Waals surface area contributed by atoms with Crippen LogP contribution in [0.5, 0.6) is 0 Å². The molecule has 0 aliphatic rings. The zero-order chi connectivity index (χ0) is 13.0. The molecule has 96 valence electrons. The Morgan fingerprint density at radius 1 is 1.28 bits per heavy atom. The Morgan fingerprint density at radius 2 is 2.00 bits per heavy atom. The van der Waals surface area contributed by atoms with Crippen molar-refractivity contribution in [1.82, 2.24) is 14.9 Å². The van der Waals surface area contributed by atoms with Crippen LogP contribution in [0.2, 0.25) is 5.02 Å². The molecule has 0 bridgehead atoms. The van der Waals surface area contributed by atoms with Gasteiger partial charge in [-0.1, -0.05) is 36.7 Å². The number of thioether (sulfide) groups is 1. The molecule has 18 heavy (non-hydrogen) atoms. The molecule has 0 spiro atoms. The van der Waals surface area contributed by atoms with Gasteiger partial charge in [0.1, 0.15) is 0 Å². The van der Waals surface area contributed by atoms with Crippen LogP contribution >= 0.6 is 23.4 Å². The van der Waals surface area contributed by atoms with E-state index in [0.717, 1.165) is 29.3 Å². The Kier molecular flexibility index (Phi) is 4.49. The predicted molar refractivity (Wildman–Crippen MR) is 76.3 cm³/mol. The Hall–Kier alpha value is -1.20. The summed E-state index contributed by atoms with van der Waals surface area (Å²) in [6.45, 7) is 2.16. The molecular formula is C12H15ClN4S. The monoisotopic (exact) mass is 282 g/mol. The Bertz CT molecular complexity index is 509. The fourth-order valence-electron chi connectivity index (χ4n) is 1.48. The second-order valence-corrected chi connectivity index (χ2v) is 5.38. The lowest BCUT2D eigenvalue weighted by Crippen LogP contribution is -2.11. The normalized spacial score (nSPS) is 10.8. The molecule has 0 saturated carbocycles. The van der Waals surface area contributed by atoms with Gasteiger partial charge < -0.3 is 5.84 Å². The van der Waals surface area contributed by atoms with E-state index in [2.05, 4.69) is 17.1 Å². The number of nitrogens with zero attached hydrogens (tertiary/aromatic N) is 3. The molecule has 2 N–H and O–H groups in total. The molecular weight excluding hydrogens is 268 g/mol. The number of hydrogen-bond donors (Lipinski definition) is 1. The summed E-state index contributed by atoms with van der Waals surface area (Å²) in [5.41, 5.74) is 0.914. The molecule has 1 aromatic heterocycles. The van der Waals surface area contributed by atoms with Gasteiger partial charge >= 0.3 is 0 Å². The van der Waals surface area contributed by atoms with E-state index in [1.807, 2.05) is 24.3 Å². The third-order valence-electron chi connectivity index (χ3n) is 2.50. The molecule has 0 aliphatic heterocycles. The average Bonchev–Trinajstić information content (AvgIpc) is 2.73. The first kappa shape index (κ1) is 13.2. The second-order valence-electron chi connectivity index (χ2n) is 3.89. The van der Waals surface area contributed by atoms with Gasteiger partial charge in [0.2, 0.25) is 5.16 Å². The van der Waals surface area contributed by atoms with E-state index in [9.17, 15) is 0 Å². The molecule has 0 radical (unpaired) electrons. The lowest BCUT2D eigenvalue weighted by Gasteiger charge is -2.03. The third-order valence-corrected chi connectivity index (χ3v) is 3.78. The van der Waals surface area contributed by atoms with Crippen LogP contribution in [0.1, 0.15) is 19.8 Å². The standard InChI is InChI=1S/C12H15ClN4S/c1-2-3-8-18-12-16-15-11(17(12)14)9-4-6-10(13)7-5-9/h4-7H,2-3,8,14H2,1H3. The van der Waals surface area contributed by atoms with Gasteiger partial charge in [-0.15, -0.1) is 10.2 Å². The molecule has 6 heteroatoms. The number of halogens is 1. The summed E-state index contributed by atoms with van der Waals surface area (Å²) in [7, 11) is 0. The van der Waals surface area contributed by atoms with E-state index in [4.69, 9.17) is 17.4 Å². The quantitative estimate of drug-likeness (QED) is 0.520. The zero-order valence-electron chi connectivity index (χ0n) is 10.1. The van der Waals surface area contributed by atoms with Crippen molar-refractivity contribution in [2.24, 2.45) is 0 Å². The maximum atomic E-state index is 5.99. The number of hydrogen-bond acceptors (Lipinski definition) is 4. The topological polar surface area (TPSA) is 56.7 Å². The number of rotatable bonds is 5. The maximum absolute atomic E-state index is 5.99. The lowest BCUT2D eigenvalue weighted by atomic mass is 10.2. The molecule has 0 atom stereocenters. The molecule has 0 saturated heterocycles. The van der Waals surface area contributed by atoms with Crippen molar-refractivity contribution in [2.45, 2.75) is 24.9 Å². The minimum Gasteiger partial charge on any atom is -0.335 e. The van der Waals surface area contributed by atoms with Gasteiger partial charge in [-0.25, -0.2) is 4.68 Å². The first-order valence-corrected chi connectivity index (χ1v) is 7.18. The smallest absolute Gasteiger partial charge is 0.210 e. The van der Waals surface area contributed by atoms with Crippen LogP contribution in [0.25, 0.3) is 11.4 Å². The van der Waals surface area contributed by atoms with Crippen molar-refractivity contribution in [2.75, 3.05) is 11.6 Å². The predicted octanol–water partition coefficient (Wildman–Crippen LogP) is 3.20. The average molecular weight is 283 g/mol. The number of aromatic nitrogens is 3. The van der Waals surface area contributed by atoms with Crippen molar-refractivity contribution in [1.29, 1.82) is 0 Å². The number of unbranched alkanes of at least 4 members (excludes halogenated alkanes) is 1. The molecule has 2 aromatic rings. The summed E-state index contributed by atoms with van der Waals surface area (Å²) in [4.78, 5) is 0. The van der Waals surface area contributed by atoms with Gasteiger partial charge in [-0.2, -0.15) is 0 Å². The Morgan fingerprint density at radius 3 is 2.67 bits per heavy atom. The molecule has 4 nitrogen and oxygen atoms in total. The SMILES string of the molecule is CCCCSc1nnc(-c2ccc(Cl)cc2)n1N. The first-order valence-electron chi connectivity index (χ1n) is 5.81. The number of benzene rings is 1. The van der Waals surface area contributed by atoms with E-state index < -0.39 is 0 Å². The molecule has 1 heterocycles. The minimum absolute atomic E-state index is 0.658. The molecule has 2 rings (SSSR count). The van der Waals surface area contributed by atoms with Crippen LogP contribution in [0.15, 0.2) is 29.4 Å². The Labute approximate surface area is 116 Å². The summed E-state index contributed by atoms with van der Waals surface area (Å²) in [5, 5.41) is 9.66. The molecule has 1 aromatic carbocycles. The van der Waals surface area contributed by atoms with Crippen LogP contribution in [0.4, 0.5) is 0 Å². The zero-order valence-corrected chi connectivity index (χ0v) is 11.7. The van der Waals surface area contributed by atoms with Gasteiger partial charge in [0.05, 0.1) is 0 Å². The lowest BCUT2D eigenvalue weighted by molar-refractivity contribution is 0.840. The van der Waals surface area contributed by atoms with Crippen LogP contribution in [-0.4, -0.2) is 20.6 Å². The highest BCUT2D eigenvalue weighted by atomic mass is 35.5. The summed E-state index contributed by atoms with van der Waals surface area (Å²) in [6, 6.07) is 7.40. The van der Waals surface area contributed by atoms with Gasteiger partial charge in [-0.3, -0.25) is 0 Å². The van der Waals surface area contributed by atoms with Gasteiger partial charge in [0, 0.05) is 16.3 Å². The summed E-state index contributed by atoms with van der Waals surface area (Å²) >= 11 is 7.48. The van der Waals surface area contributed by atoms with Crippen molar-refractivity contribution >= 4 is 23.4 Å².